The van der Waals surface area contributed by atoms with E-state index in [0.29, 0.717) is 17.3 Å². The zero-order valence-electron chi connectivity index (χ0n) is 10.7. The Morgan fingerprint density at radius 1 is 1.45 bits per heavy atom. The molecule has 7 nitrogen and oxygen atoms in total. The minimum atomic E-state index is -3.70. The molecule has 1 aromatic heterocycles. The first-order valence-corrected chi connectivity index (χ1v) is 7.64. The van der Waals surface area contributed by atoms with Gasteiger partial charge in [-0.05, 0) is 18.2 Å². The van der Waals surface area contributed by atoms with Crippen LogP contribution in [0, 0.1) is 0 Å². The van der Waals surface area contributed by atoms with E-state index in [1.165, 1.54) is 18.2 Å². The van der Waals surface area contributed by atoms with E-state index in [-0.39, 0.29) is 17.1 Å². The summed E-state index contributed by atoms with van der Waals surface area (Å²) in [5, 5.41) is 7.90. The van der Waals surface area contributed by atoms with Crippen LogP contribution in [0.15, 0.2) is 29.4 Å². The van der Waals surface area contributed by atoms with E-state index in [0.717, 1.165) is 0 Å². The monoisotopic (exact) mass is 315 g/mol. The minimum Gasteiger partial charge on any atom is -0.398 e. The fourth-order valence-electron chi connectivity index (χ4n) is 1.65. The van der Waals surface area contributed by atoms with Crippen molar-refractivity contribution in [2.45, 2.75) is 11.3 Å². The van der Waals surface area contributed by atoms with Gasteiger partial charge in [0.2, 0.25) is 10.0 Å². The van der Waals surface area contributed by atoms with Crippen molar-refractivity contribution in [2.24, 2.45) is 7.05 Å². The molecule has 9 heteroatoms. The number of aryl methyl sites for hydroxylation is 1. The zero-order chi connectivity index (χ0) is 14.8. The van der Waals surface area contributed by atoms with Crippen molar-refractivity contribution in [1.29, 1.82) is 0 Å². The maximum atomic E-state index is 12.1. The molecule has 0 aliphatic carbocycles. The van der Waals surface area contributed by atoms with Crippen LogP contribution in [0.5, 0.6) is 0 Å². The SMILES string of the molecule is Cn1cnnc1CCNS(=O)(=O)c1cc(Cl)ccc1N. The van der Waals surface area contributed by atoms with Gasteiger partial charge < -0.3 is 10.3 Å². The van der Waals surface area contributed by atoms with E-state index in [2.05, 4.69) is 14.9 Å². The summed E-state index contributed by atoms with van der Waals surface area (Å²) in [6, 6.07) is 4.32. The van der Waals surface area contributed by atoms with E-state index in [1.807, 2.05) is 0 Å². The Morgan fingerprint density at radius 3 is 2.85 bits per heavy atom. The second-order valence-electron chi connectivity index (χ2n) is 4.19. The van der Waals surface area contributed by atoms with Gasteiger partial charge in [-0.3, -0.25) is 0 Å². The van der Waals surface area contributed by atoms with Crippen LogP contribution < -0.4 is 10.5 Å². The van der Waals surface area contributed by atoms with Gasteiger partial charge in [0.25, 0.3) is 0 Å². The summed E-state index contributed by atoms with van der Waals surface area (Å²) in [7, 11) is -1.91. The molecule has 108 valence electrons. The molecule has 1 aromatic carbocycles. The third kappa shape index (κ3) is 3.27. The highest BCUT2D eigenvalue weighted by atomic mass is 35.5. The van der Waals surface area contributed by atoms with Gasteiger partial charge in [0.05, 0.1) is 5.69 Å². The average Bonchev–Trinajstić information content (AvgIpc) is 2.78. The van der Waals surface area contributed by atoms with E-state index >= 15 is 0 Å². The summed E-state index contributed by atoms with van der Waals surface area (Å²) in [6.07, 6.45) is 1.98. The number of hydrogen-bond donors (Lipinski definition) is 2. The molecule has 20 heavy (non-hydrogen) atoms. The first-order chi connectivity index (χ1) is 9.40. The van der Waals surface area contributed by atoms with Gasteiger partial charge in [-0.2, -0.15) is 0 Å². The summed E-state index contributed by atoms with van der Waals surface area (Å²) in [6.45, 7) is 0.195. The van der Waals surface area contributed by atoms with Crippen LogP contribution in [-0.4, -0.2) is 29.7 Å². The van der Waals surface area contributed by atoms with Gasteiger partial charge >= 0.3 is 0 Å². The predicted molar refractivity (Wildman–Crippen MR) is 75.8 cm³/mol. The molecule has 0 radical (unpaired) electrons. The Hall–Kier alpha value is -1.64. The lowest BCUT2D eigenvalue weighted by Crippen LogP contribution is -2.27. The van der Waals surface area contributed by atoms with Gasteiger partial charge in [-0.25, -0.2) is 13.1 Å². The normalized spacial score (nSPS) is 11.7. The Kier molecular flexibility index (Phi) is 4.26. The number of nitrogen functional groups attached to an aromatic ring is 1. The highest BCUT2D eigenvalue weighted by Crippen LogP contribution is 2.22. The summed E-state index contributed by atoms with van der Waals surface area (Å²) in [5.74, 6) is 0.687. The van der Waals surface area contributed by atoms with Gasteiger partial charge in [0.15, 0.2) is 0 Å². The Morgan fingerprint density at radius 2 is 2.20 bits per heavy atom. The summed E-state index contributed by atoms with van der Waals surface area (Å²) in [4.78, 5) is -0.0250. The molecular weight excluding hydrogens is 302 g/mol. The number of anilines is 1. The summed E-state index contributed by atoms with van der Waals surface area (Å²) >= 11 is 5.79. The Balaban J connectivity index is 2.08. The topological polar surface area (TPSA) is 103 Å². The lowest BCUT2D eigenvalue weighted by Gasteiger charge is -2.09. The largest absolute Gasteiger partial charge is 0.398 e. The van der Waals surface area contributed by atoms with Crippen LogP contribution in [-0.2, 0) is 23.5 Å². The smallest absolute Gasteiger partial charge is 0.242 e. The maximum Gasteiger partial charge on any atom is 0.242 e. The molecule has 0 atom stereocenters. The molecule has 1 heterocycles. The third-order valence-corrected chi connectivity index (χ3v) is 4.46. The highest BCUT2D eigenvalue weighted by Gasteiger charge is 2.17. The lowest BCUT2D eigenvalue weighted by molar-refractivity contribution is 0.580. The minimum absolute atomic E-state index is 0.0250. The highest BCUT2D eigenvalue weighted by molar-refractivity contribution is 7.89. The van der Waals surface area contributed by atoms with Gasteiger partial charge in [0.1, 0.15) is 17.0 Å². The first kappa shape index (κ1) is 14.8. The number of benzene rings is 1. The molecule has 0 saturated heterocycles. The van der Waals surface area contributed by atoms with E-state index < -0.39 is 10.0 Å². The van der Waals surface area contributed by atoms with Crippen LogP contribution in [0.4, 0.5) is 5.69 Å². The maximum absolute atomic E-state index is 12.1. The van der Waals surface area contributed by atoms with Crippen molar-refractivity contribution in [3.05, 3.63) is 35.4 Å². The van der Waals surface area contributed by atoms with E-state index in [9.17, 15) is 8.42 Å². The quantitative estimate of drug-likeness (QED) is 0.785. The molecule has 0 amide bonds. The lowest BCUT2D eigenvalue weighted by atomic mass is 10.3. The molecule has 0 unspecified atom stereocenters. The van der Waals surface area contributed by atoms with Gasteiger partial charge in [0, 0.05) is 25.0 Å². The number of sulfonamides is 1. The number of nitrogens with zero attached hydrogens (tertiary/aromatic N) is 3. The fraction of sp³-hybridized carbons (Fsp3) is 0.273. The molecule has 2 rings (SSSR count). The van der Waals surface area contributed by atoms with Crippen molar-refractivity contribution < 1.29 is 8.42 Å². The first-order valence-electron chi connectivity index (χ1n) is 5.78. The summed E-state index contributed by atoms with van der Waals surface area (Å²) < 4.78 is 28.4. The number of halogens is 1. The van der Waals surface area contributed by atoms with Crippen LogP contribution >= 0.6 is 11.6 Å². The molecule has 0 fully saturated rings. The van der Waals surface area contributed by atoms with Crippen LogP contribution in [0.3, 0.4) is 0 Å². The molecule has 0 bridgehead atoms. The van der Waals surface area contributed by atoms with Crippen LogP contribution in [0.2, 0.25) is 5.02 Å². The summed E-state index contributed by atoms with van der Waals surface area (Å²) in [5.41, 5.74) is 5.82. The zero-order valence-corrected chi connectivity index (χ0v) is 12.3. The molecule has 0 aliphatic heterocycles. The third-order valence-electron chi connectivity index (χ3n) is 2.71. The average molecular weight is 316 g/mol. The van der Waals surface area contributed by atoms with Crippen molar-refractivity contribution in [3.8, 4) is 0 Å². The molecule has 2 aromatic rings. The van der Waals surface area contributed by atoms with Crippen molar-refractivity contribution in [1.82, 2.24) is 19.5 Å². The second-order valence-corrected chi connectivity index (χ2v) is 6.36. The van der Waals surface area contributed by atoms with Gasteiger partial charge in [-0.1, -0.05) is 11.6 Å². The number of hydrogen-bond acceptors (Lipinski definition) is 5. The fourth-order valence-corrected chi connectivity index (χ4v) is 3.07. The Bertz CT molecular complexity index is 713. The number of nitrogens with one attached hydrogen (secondary N) is 1. The Labute approximate surface area is 121 Å². The molecule has 3 N–H and O–H groups in total. The van der Waals surface area contributed by atoms with Crippen LogP contribution in [0.1, 0.15) is 5.82 Å². The number of rotatable bonds is 5. The molecule has 0 aliphatic rings. The number of aromatic nitrogens is 3. The molecule has 0 saturated carbocycles. The molecule has 0 spiro atoms. The predicted octanol–water partition coefficient (Wildman–Crippen LogP) is 0.572. The standard InChI is InChI=1S/C11H14ClN5O2S/c1-17-7-14-16-11(17)4-5-15-20(18,19)10-6-8(12)2-3-9(10)13/h2-3,6-7,15H,4-5,13H2,1H3. The molecular formula is C11H14ClN5O2S. The van der Waals surface area contributed by atoms with Crippen molar-refractivity contribution >= 4 is 27.3 Å². The van der Waals surface area contributed by atoms with Gasteiger partial charge in [-0.15, -0.1) is 10.2 Å². The van der Waals surface area contributed by atoms with E-state index in [1.54, 1.807) is 17.9 Å². The van der Waals surface area contributed by atoms with Crippen LogP contribution in [0.25, 0.3) is 0 Å². The van der Waals surface area contributed by atoms with Crippen molar-refractivity contribution in [3.63, 3.8) is 0 Å². The second kappa shape index (κ2) is 5.78. The van der Waals surface area contributed by atoms with Crippen molar-refractivity contribution in [2.75, 3.05) is 12.3 Å². The van der Waals surface area contributed by atoms with E-state index in [4.69, 9.17) is 17.3 Å². The number of nitrogens with two attached hydrogens (primary N) is 1.